The maximum atomic E-state index is 13.1. The maximum Gasteiger partial charge on any atom is 0.327 e. The van der Waals surface area contributed by atoms with Crippen molar-refractivity contribution >= 4 is 17.6 Å². The maximum absolute atomic E-state index is 13.1. The van der Waals surface area contributed by atoms with Crippen LogP contribution in [0.25, 0.3) is 0 Å². The molecule has 4 nitrogen and oxygen atoms in total. The van der Waals surface area contributed by atoms with E-state index in [0.29, 0.717) is 12.1 Å². The third-order valence-corrected chi connectivity index (χ3v) is 3.03. The number of halogens is 2. The topological polar surface area (TPSA) is 41.6 Å². The predicted molar refractivity (Wildman–Crippen MR) is 77.3 cm³/mol. The normalized spacial score (nSPS) is 12.5. The van der Waals surface area contributed by atoms with Gasteiger partial charge in [-0.1, -0.05) is 17.7 Å². The van der Waals surface area contributed by atoms with Crippen molar-refractivity contribution in [2.75, 3.05) is 33.8 Å². The van der Waals surface area contributed by atoms with Crippen LogP contribution in [0.1, 0.15) is 18.5 Å². The summed E-state index contributed by atoms with van der Waals surface area (Å²) in [5, 5.41) is 3.30. The summed E-state index contributed by atoms with van der Waals surface area (Å²) in [6.07, 6.45) is 0. The fraction of sp³-hybridized carbons (Fsp3) is 0.500. The lowest BCUT2D eigenvalue weighted by Gasteiger charge is -2.20. The largest absolute Gasteiger partial charge is 0.465 e. The summed E-state index contributed by atoms with van der Waals surface area (Å²) >= 11 is 6.01. The molecule has 0 radical (unpaired) electrons. The summed E-state index contributed by atoms with van der Waals surface area (Å²) in [5.41, 5.74) is 0.519. The Hall–Kier alpha value is -1.17. The van der Waals surface area contributed by atoms with E-state index in [1.807, 2.05) is 19.0 Å². The van der Waals surface area contributed by atoms with Crippen molar-refractivity contribution < 1.29 is 13.9 Å². The van der Waals surface area contributed by atoms with Crippen molar-refractivity contribution in [2.45, 2.75) is 13.0 Å². The van der Waals surface area contributed by atoms with E-state index < -0.39 is 17.8 Å². The summed E-state index contributed by atoms with van der Waals surface area (Å²) in [4.78, 5) is 14.0. The number of rotatable bonds is 7. The van der Waals surface area contributed by atoms with Gasteiger partial charge in [-0.15, -0.1) is 0 Å². The number of carbonyl (C=O) groups is 1. The minimum atomic E-state index is -0.692. The molecule has 0 saturated carbocycles. The highest BCUT2D eigenvalue weighted by atomic mass is 35.5. The summed E-state index contributed by atoms with van der Waals surface area (Å²) < 4.78 is 18.1. The monoisotopic (exact) mass is 302 g/mol. The molecule has 1 atom stereocenters. The molecule has 0 aliphatic rings. The molecular formula is C14H20ClFN2O2. The Kier molecular flexibility index (Phi) is 6.91. The molecule has 1 aromatic rings. The summed E-state index contributed by atoms with van der Waals surface area (Å²) in [6.45, 7) is 3.36. The average Bonchev–Trinajstić information content (AvgIpc) is 2.35. The zero-order valence-electron chi connectivity index (χ0n) is 12.0. The molecule has 1 unspecified atom stereocenters. The molecule has 0 aromatic heterocycles. The second-order valence-corrected chi connectivity index (χ2v) is 5.02. The first-order chi connectivity index (χ1) is 9.45. The van der Waals surface area contributed by atoms with Crippen molar-refractivity contribution in [1.29, 1.82) is 0 Å². The molecule has 0 spiro atoms. The van der Waals surface area contributed by atoms with Gasteiger partial charge in [0.2, 0.25) is 0 Å². The van der Waals surface area contributed by atoms with Gasteiger partial charge in [-0.3, -0.25) is 5.32 Å². The van der Waals surface area contributed by atoms with Crippen LogP contribution in [0.15, 0.2) is 18.2 Å². The van der Waals surface area contributed by atoms with E-state index in [9.17, 15) is 9.18 Å². The lowest BCUT2D eigenvalue weighted by Crippen LogP contribution is -2.35. The smallest absolute Gasteiger partial charge is 0.327 e. The predicted octanol–water partition coefficient (Wildman–Crippen LogP) is 2.23. The second-order valence-electron chi connectivity index (χ2n) is 4.61. The number of esters is 1. The molecule has 1 rings (SSSR count). The molecule has 0 heterocycles. The Morgan fingerprint density at radius 3 is 2.75 bits per heavy atom. The number of nitrogens with zero attached hydrogens (tertiary/aromatic N) is 1. The van der Waals surface area contributed by atoms with Crippen LogP contribution in [0.4, 0.5) is 4.39 Å². The molecule has 0 bridgehead atoms. The number of likely N-dealkylation sites (N-methyl/N-ethyl adjacent to an activating group) is 1. The van der Waals surface area contributed by atoms with Crippen molar-refractivity contribution in [3.05, 3.63) is 34.6 Å². The standard InChI is InChI=1S/C14H20ClFN2O2/c1-4-20-14(19)13(17-7-8-18(2)3)11-6-5-10(16)9-12(11)15/h5-6,9,13,17H,4,7-8H2,1-3H3. The third kappa shape index (κ3) is 5.07. The minimum absolute atomic E-state index is 0.209. The van der Waals surface area contributed by atoms with Crippen LogP contribution in [-0.2, 0) is 9.53 Å². The van der Waals surface area contributed by atoms with Crippen molar-refractivity contribution in [3.8, 4) is 0 Å². The van der Waals surface area contributed by atoms with Gasteiger partial charge in [0.15, 0.2) is 0 Å². The molecule has 0 aliphatic carbocycles. The van der Waals surface area contributed by atoms with Gasteiger partial charge in [-0.2, -0.15) is 0 Å². The third-order valence-electron chi connectivity index (χ3n) is 2.70. The van der Waals surface area contributed by atoms with E-state index in [-0.39, 0.29) is 11.6 Å². The highest BCUT2D eigenvalue weighted by Crippen LogP contribution is 2.25. The number of carbonyl (C=O) groups excluding carboxylic acids is 1. The van der Waals surface area contributed by atoms with E-state index in [4.69, 9.17) is 16.3 Å². The summed E-state index contributed by atoms with van der Waals surface area (Å²) in [6, 6.07) is 3.28. The van der Waals surface area contributed by atoms with Crippen LogP contribution in [0.3, 0.4) is 0 Å². The molecule has 6 heteroatoms. The minimum Gasteiger partial charge on any atom is -0.465 e. The Labute approximate surface area is 123 Å². The number of nitrogens with one attached hydrogen (secondary N) is 1. The number of benzene rings is 1. The molecule has 20 heavy (non-hydrogen) atoms. The highest BCUT2D eigenvalue weighted by Gasteiger charge is 2.23. The van der Waals surface area contributed by atoms with Crippen LogP contribution in [0.2, 0.25) is 5.02 Å². The van der Waals surface area contributed by atoms with E-state index in [1.54, 1.807) is 6.92 Å². The van der Waals surface area contributed by atoms with Crippen molar-refractivity contribution in [1.82, 2.24) is 10.2 Å². The number of hydrogen-bond acceptors (Lipinski definition) is 4. The van der Waals surface area contributed by atoms with Crippen LogP contribution in [0.5, 0.6) is 0 Å². The van der Waals surface area contributed by atoms with Gasteiger partial charge < -0.3 is 9.64 Å². The lowest BCUT2D eigenvalue weighted by molar-refractivity contribution is -0.145. The average molecular weight is 303 g/mol. The van der Waals surface area contributed by atoms with Crippen LogP contribution in [-0.4, -0.2) is 44.7 Å². The molecule has 0 saturated heterocycles. The van der Waals surface area contributed by atoms with Crippen molar-refractivity contribution in [3.63, 3.8) is 0 Å². The van der Waals surface area contributed by atoms with Gasteiger partial charge in [-0.25, -0.2) is 9.18 Å². The second kappa shape index (κ2) is 8.19. The molecule has 0 fully saturated rings. The molecular weight excluding hydrogens is 283 g/mol. The van der Waals surface area contributed by atoms with Gasteiger partial charge in [-0.05, 0) is 38.7 Å². The SMILES string of the molecule is CCOC(=O)C(NCCN(C)C)c1ccc(F)cc1Cl. The van der Waals surface area contributed by atoms with Crippen LogP contribution >= 0.6 is 11.6 Å². The summed E-state index contributed by atoms with van der Waals surface area (Å²) in [7, 11) is 3.87. The quantitative estimate of drug-likeness (QED) is 0.784. The number of ether oxygens (including phenoxy) is 1. The first-order valence-electron chi connectivity index (χ1n) is 6.45. The zero-order chi connectivity index (χ0) is 15.1. The molecule has 0 amide bonds. The Balaban J connectivity index is 2.88. The lowest BCUT2D eigenvalue weighted by atomic mass is 10.1. The Morgan fingerprint density at radius 2 is 2.20 bits per heavy atom. The molecule has 1 N–H and O–H groups in total. The summed E-state index contributed by atoms with van der Waals surface area (Å²) in [5.74, 6) is -0.852. The zero-order valence-corrected chi connectivity index (χ0v) is 12.7. The Morgan fingerprint density at radius 1 is 1.50 bits per heavy atom. The van der Waals surface area contributed by atoms with Gasteiger partial charge in [0.25, 0.3) is 0 Å². The van der Waals surface area contributed by atoms with Gasteiger partial charge >= 0.3 is 5.97 Å². The van der Waals surface area contributed by atoms with Gasteiger partial charge in [0.1, 0.15) is 11.9 Å². The van der Waals surface area contributed by atoms with Gasteiger partial charge in [0, 0.05) is 18.1 Å². The molecule has 112 valence electrons. The first kappa shape index (κ1) is 16.9. The fourth-order valence-electron chi connectivity index (χ4n) is 1.71. The van der Waals surface area contributed by atoms with E-state index in [2.05, 4.69) is 5.32 Å². The van der Waals surface area contributed by atoms with Crippen molar-refractivity contribution in [2.24, 2.45) is 0 Å². The van der Waals surface area contributed by atoms with E-state index in [1.165, 1.54) is 18.2 Å². The molecule has 1 aromatic carbocycles. The first-order valence-corrected chi connectivity index (χ1v) is 6.83. The van der Waals surface area contributed by atoms with Crippen LogP contribution < -0.4 is 5.32 Å². The fourth-order valence-corrected chi connectivity index (χ4v) is 1.99. The highest BCUT2D eigenvalue weighted by molar-refractivity contribution is 6.31. The van der Waals surface area contributed by atoms with E-state index in [0.717, 1.165) is 6.54 Å². The number of hydrogen-bond donors (Lipinski definition) is 1. The van der Waals surface area contributed by atoms with Gasteiger partial charge in [0.05, 0.1) is 6.61 Å². The van der Waals surface area contributed by atoms with E-state index >= 15 is 0 Å². The Bertz CT molecular complexity index is 455. The van der Waals surface area contributed by atoms with Crippen LogP contribution in [0, 0.1) is 5.82 Å². The molecule has 0 aliphatic heterocycles.